The van der Waals surface area contributed by atoms with Gasteiger partial charge in [-0.1, -0.05) is 20.8 Å². The molecule has 1 atom stereocenters. The quantitative estimate of drug-likeness (QED) is 0.531. The van der Waals surface area contributed by atoms with Gasteiger partial charge in [0, 0.05) is 67.2 Å². The zero-order valence-corrected chi connectivity index (χ0v) is 22.9. The molecule has 180 valence electrons. The molecule has 3 rings (SSSR count). The molecule has 0 saturated carbocycles. The van der Waals surface area contributed by atoms with Crippen LogP contribution >= 0.6 is 33.9 Å². The summed E-state index contributed by atoms with van der Waals surface area (Å²) in [7, 11) is 3.84. The number of hydrogen-bond acceptors (Lipinski definition) is 5. The minimum atomic E-state index is -0.615. The number of aromatic nitrogens is 1. The minimum Gasteiger partial charge on any atom is -0.338 e. The van der Waals surface area contributed by atoms with Crippen LogP contribution in [0.15, 0.2) is 34.6 Å². The molecule has 33 heavy (non-hydrogen) atoms. The Morgan fingerprint density at radius 2 is 1.79 bits per heavy atom. The molecular formula is C23H33IN6O2S. The Labute approximate surface area is 213 Å². The largest absolute Gasteiger partial charge is 0.338 e. The molecule has 0 bridgehead atoms. The minimum absolute atomic E-state index is 0.0342. The van der Waals surface area contributed by atoms with E-state index in [1.807, 2.05) is 57.0 Å². The number of nitrogens with zero attached hydrogens (tertiary/aromatic N) is 4. The van der Waals surface area contributed by atoms with E-state index in [9.17, 15) is 9.59 Å². The van der Waals surface area contributed by atoms with Crippen molar-refractivity contribution < 1.29 is 9.59 Å². The van der Waals surface area contributed by atoms with E-state index in [4.69, 9.17) is 0 Å². The Bertz CT molecular complexity index is 1030. The number of anilines is 1. The van der Waals surface area contributed by atoms with Crippen molar-refractivity contribution in [1.29, 1.82) is 0 Å². The van der Waals surface area contributed by atoms with Crippen LogP contribution in [0.25, 0.3) is 0 Å². The van der Waals surface area contributed by atoms with Crippen LogP contribution in [0.5, 0.6) is 0 Å². The van der Waals surface area contributed by atoms with Gasteiger partial charge in [0.05, 0.1) is 0 Å². The molecule has 0 unspecified atom stereocenters. The van der Waals surface area contributed by atoms with Crippen LogP contribution in [0.3, 0.4) is 0 Å². The third kappa shape index (κ3) is 6.80. The Hall–Kier alpha value is -1.92. The molecule has 8 nitrogen and oxygen atoms in total. The van der Waals surface area contributed by atoms with Gasteiger partial charge in [-0.15, -0.1) is 11.3 Å². The number of piperazine rings is 1. The fourth-order valence-corrected chi connectivity index (χ4v) is 4.98. The van der Waals surface area contributed by atoms with E-state index in [2.05, 4.69) is 53.1 Å². The molecule has 1 fully saturated rings. The molecule has 3 amide bonds. The van der Waals surface area contributed by atoms with Gasteiger partial charge >= 0.3 is 6.03 Å². The molecule has 1 aliphatic rings. The van der Waals surface area contributed by atoms with Crippen molar-refractivity contribution in [3.05, 3.63) is 43.7 Å². The molecule has 1 aliphatic heterocycles. The number of hydrogen-bond donors (Lipinski definition) is 2. The Kier molecular flexibility index (Phi) is 8.57. The van der Waals surface area contributed by atoms with Crippen LogP contribution < -0.4 is 15.4 Å². The summed E-state index contributed by atoms with van der Waals surface area (Å²) in [5, 5.41) is 7.89. The number of benzene rings is 1. The predicted octanol–water partition coefficient (Wildman–Crippen LogP) is 3.10. The topological polar surface area (TPSA) is 82.0 Å². The Morgan fingerprint density at radius 1 is 1.15 bits per heavy atom. The summed E-state index contributed by atoms with van der Waals surface area (Å²) in [6.45, 7) is 9.65. The van der Waals surface area contributed by atoms with Gasteiger partial charge in [-0.25, -0.2) is 4.79 Å². The molecule has 0 aliphatic carbocycles. The smallest absolute Gasteiger partial charge is 0.319 e. The highest BCUT2D eigenvalue weighted by molar-refractivity contribution is 14.1. The first-order valence-corrected chi connectivity index (χ1v) is 12.9. The summed E-state index contributed by atoms with van der Waals surface area (Å²) in [6, 6.07) is 6.56. The van der Waals surface area contributed by atoms with Crippen LogP contribution in [0, 0.1) is 8.99 Å². The summed E-state index contributed by atoms with van der Waals surface area (Å²) >= 11 is 3.86. The van der Waals surface area contributed by atoms with Crippen molar-refractivity contribution in [2.75, 3.05) is 38.5 Å². The van der Waals surface area contributed by atoms with Crippen LogP contribution in [-0.2, 0) is 18.4 Å². The van der Waals surface area contributed by atoms with Gasteiger partial charge in [0.1, 0.15) is 6.04 Å². The number of carbonyl (C=O) groups excluding carboxylic acids is 2. The first-order valence-electron chi connectivity index (χ1n) is 11.0. The van der Waals surface area contributed by atoms with Gasteiger partial charge in [-0.2, -0.15) is 0 Å². The fraction of sp³-hybridized carbons (Fsp3) is 0.522. The van der Waals surface area contributed by atoms with Crippen LogP contribution in [-0.4, -0.2) is 65.6 Å². The summed E-state index contributed by atoms with van der Waals surface area (Å²) in [5.74, 6) is -0.0342. The normalized spacial score (nSPS) is 16.5. The van der Waals surface area contributed by atoms with Crippen molar-refractivity contribution >= 4 is 51.6 Å². The Morgan fingerprint density at radius 3 is 2.33 bits per heavy atom. The average molecular weight is 585 g/mol. The maximum atomic E-state index is 13.4. The second-order valence-corrected chi connectivity index (χ2v) is 11.4. The van der Waals surface area contributed by atoms with Gasteiger partial charge in [0.15, 0.2) is 4.80 Å². The van der Waals surface area contributed by atoms with Crippen molar-refractivity contribution in [1.82, 2.24) is 19.7 Å². The molecule has 2 aromatic rings. The second kappa shape index (κ2) is 11.0. The zero-order valence-electron chi connectivity index (χ0n) is 19.9. The zero-order chi connectivity index (χ0) is 24.2. The second-order valence-electron chi connectivity index (χ2n) is 9.30. The summed E-state index contributed by atoms with van der Waals surface area (Å²) in [6.07, 6.45) is 0. The van der Waals surface area contributed by atoms with Gasteiger partial charge in [0.2, 0.25) is 5.91 Å². The number of carbonyl (C=O) groups is 2. The average Bonchev–Trinajstić information content (AvgIpc) is 3.12. The number of thiazole rings is 1. The molecule has 2 N–H and O–H groups in total. The van der Waals surface area contributed by atoms with E-state index >= 15 is 0 Å². The van der Waals surface area contributed by atoms with Gasteiger partial charge in [0.25, 0.3) is 0 Å². The van der Waals surface area contributed by atoms with Gasteiger partial charge in [-0.05, 0) is 52.3 Å². The van der Waals surface area contributed by atoms with E-state index in [-0.39, 0.29) is 11.9 Å². The summed E-state index contributed by atoms with van der Waals surface area (Å²) in [5.41, 5.74) is 1.51. The molecule has 1 saturated heterocycles. The third-order valence-corrected chi connectivity index (χ3v) is 7.55. The maximum Gasteiger partial charge on any atom is 0.319 e. The van der Waals surface area contributed by atoms with Crippen LogP contribution in [0.1, 0.15) is 26.5 Å². The van der Waals surface area contributed by atoms with E-state index in [1.165, 1.54) is 5.69 Å². The van der Waals surface area contributed by atoms with E-state index in [0.717, 1.165) is 28.0 Å². The lowest BCUT2D eigenvalue weighted by molar-refractivity contribution is -0.137. The molecule has 0 spiro atoms. The lowest BCUT2D eigenvalue weighted by Crippen LogP contribution is -2.59. The van der Waals surface area contributed by atoms with E-state index in [0.29, 0.717) is 18.8 Å². The van der Waals surface area contributed by atoms with Crippen molar-refractivity contribution in [2.24, 2.45) is 17.5 Å². The van der Waals surface area contributed by atoms with Crippen molar-refractivity contribution in [3.8, 4) is 0 Å². The highest BCUT2D eigenvalue weighted by Gasteiger charge is 2.36. The highest BCUT2D eigenvalue weighted by atomic mass is 127. The third-order valence-electron chi connectivity index (χ3n) is 5.77. The van der Waals surface area contributed by atoms with Crippen molar-refractivity contribution in [3.63, 3.8) is 0 Å². The molecule has 1 aromatic carbocycles. The monoisotopic (exact) mass is 584 g/mol. The number of rotatable bonds is 5. The number of amides is 3. The van der Waals surface area contributed by atoms with E-state index in [1.54, 1.807) is 18.4 Å². The molecule has 10 heteroatoms. The van der Waals surface area contributed by atoms with Crippen LogP contribution in [0.2, 0.25) is 0 Å². The first kappa shape index (κ1) is 25.7. The summed E-state index contributed by atoms with van der Waals surface area (Å²) in [4.78, 5) is 35.5. The maximum absolute atomic E-state index is 13.4. The van der Waals surface area contributed by atoms with Gasteiger partial charge in [-0.3, -0.25) is 14.7 Å². The standard InChI is InChI=1S/C23H33IN6O2S/c1-23(2,3)19(27-21(32)26-17-8-6-16(24)7-9-17)20(31)30-12-10-29(11-13-30)14-18-15-33-22(25-4)28(18)5/h6-9,15,19H,10-14H2,1-5H3,(H2,26,27,32)/b25-22-/t19-/m0/s1. The lowest BCUT2D eigenvalue weighted by atomic mass is 9.85. The number of urea groups is 1. The van der Waals surface area contributed by atoms with Crippen molar-refractivity contribution in [2.45, 2.75) is 33.4 Å². The fourth-order valence-electron chi connectivity index (χ4n) is 3.77. The molecular weight excluding hydrogens is 551 g/mol. The van der Waals surface area contributed by atoms with E-state index < -0.39 is 11.5 Å². The van der Waals surface area contributed by atoms with Crippen LogP contribution in [0.4, 0.5) is 10.5 Å². The van der Waals surface area contributed by atoms with Gasteiger partial charge < -0.3 is 20.1 Å². The molecule has 0 radical (unpaired) electrons. The predicted molar refractivity (Wildman–Crippen MR) is 141 cm³/mol. The molecule has 1 aromatic heterocycles. The Balaban J connectivity index is 1.59. The SMILES string of the molecule is C/N=c1\scc(CN2CCN(C(=O)[C@H](NC(=O)Nc3ccc(I)cc3)C(C)(C)C)CC2)n1C. The lowest BCUT2D eigenvalue weighted by Gasteiger charge is -2.39. The summed E-state index contributed by atoms with van der Waals surface area (Å²) < 4.78 is 3.21. The highest BCUT2D eigenvalue weighted by Crippen LogP contribution is 2.22. The number of halogens is 1. The number of nitrogens with one attached hydrogen (secondary N) is 2. The molecule has 2 heterocycles. The first-order chi connectivity index (χ1) is 15.6.